The van der Waals surface area contributed by atoms with E-state index in [1.54, 1.807) is 6.20 Å². The van der Waals surface area contributed by atoms with Gasteiger partial charge in [-0.15, -0.1) is 0 Å². The van der Waals surface area contributed by atoms with Crippen molar-refractivity contribution in [3.8, 4) is 17.3 Å². The van der Waals surface area contributed by atoms with Gasteiger partial charge in [0.1, 0.15) is 17.6 Å². The smallest absolute Gasteiger partial charge is 0.151 e. The highest BCUT2D eigenvalue weighted by atomic mass is 19.1. The average molecular weight is 368 g/mol. The van der Waals surface area contributed by atoms with Crippen molar-refractivity contribution < 1.29 is 4.39 Å². The third-order valence-corrected chi connectivity index (χ3v) is 5.70. The molecule has 7 heteroatoms. The van der Waals surface area contributed by atoms with Gasteiger partial charge in [0.15, 0.2) is 5.82 Å². The van der Waals surface area contributed by atoms with Gasteiger partial charge in [0, 0.05) is 30.4 Å². The van der Waals surface area contributed by atoms with Crippen LogP contribution in [0.2, 0.25) is 0 Å². The van der Waals surface area contributed by atoms with E-state index in [1.807, 2.05) is 11.7 Å². The van der Waals surface area contributed by atoms with Gasteiger partial charge in [-0.3, -0.25) is 4.68 Å². The predicted octanol–water partition coefficient (Wildman–Crippen LogP) is 3.13. The molecule has 2 aromatic heterocycles. The number of nitriles is 1. The first-order chi connectivity index (χ1) is 13.0. The molecule has 0 amide bonds. The van der Waals surface area contributed by atoms with Gasteiger partial charge in [0.05, 0.1) is 11.8 Å². The fraction of sp³-hybridized carbons (Fsp3) is 0.550. The topological polar surface area (TPSA) is 92.6 Å². The highest BCUT2D eigenvalue weighted by molar-refractivity contribution is 5.67. The van der Waals surface area contributed by atoms with Gasteiger partial charge >= 0.3 is 0 Å². The molecule has 0 aliphatic heterocycles. The van der Waals surface area contributed by atoms with Gasteiger partial charge in [-0.05, 0) is 56.9 Å². The van der Waals surface area contributed by atoms with Gasteiger partial charge in [-0.2, -0.15) is 10.4 Å². The minimum absolute atomic E-state index is 0.211. The summed E-state index contributed by atoms with van der Waals surface area (Å²) in [6.07, 6.45) is 8.74. The van der Waals surface area contributed by atoms with Crippen LogP contribution >= 0.6 is 0 Å². The van der Waals surface area contributed by atoms with E-state index in [-0.39, 0.29) is 23.3 Å². The van der Waals surface area contributed by atoms with Crippen molar-refractivity contribution in [3.63, 3.8) is 0 Å². The molecule has 2 aromatic rings. The number of nitrogens with zero attached hydrogens (tertiary/aromatic N) is 4. The summed E-state index contributed by atoms with van der Waals surface area (Å²) >= 11 is 0. The van der Waals surface area contributed by atoms with E-state index in [4.69, 9.17) is 5.73 Å². The highest BCUT2D eigenvalue weighted by Crippen LogP contribution is 2.36. The Bertz CT molecular complexity index is 871. The largest absolute Gasteiger partial charge is 0.366 e. The van der Waals surface area contributed by atoms with Crippen LogP contribution in [0.1, 0.15) is 49.8 Å². The Labute approximate surface area is 158 Å². The lowest BCUT2D eigenvalue weighted by atomic mass is 9.92. The number of aryl methyl sites for hydroxylation is 1. The molecule has 2 aliphatic carbocycles. The van der Waals surface area contributed by atoms with Crippen LogP contribution in [0.25, 0.3) is 11.3 Å². The standard InChI is InChI=1S/C20H25FN6/c1-27-18(8-12-2-3-12)16(11-24-27)19-17(21)9-13(10-22)20(26-19)25-15-6-4-14(23)5-7-15/h9,11-12,14-15H,2-8,23H2,1H3,(H,25,26). The van der Waals surface area contributed by atoms with Gasteiger partial charge in [0.25, 0.3) is 0 Å². The zero-order valence-corrected chi connectivity index (χ0v) is 15.6. The number of halogens is 1. The predicted molar refractivity (Wildman–Crippen MR) is 101 cm³/mol. The number of hydrogen-bond donors (Lipinski definition) is 2. The van der Waals surface area contributed by atoms with E-state index in [2.05, 4.69) is 21.5 Å². The summed E-state index contributed by atoms with van der Waals surface area (Å²) < 4.78 is 16.6. The van der Waals surface area contributed by atoms with Crippen LogP contribution in [0.4, 0.5) is 10.2 Å². The van der Waals surface area contributed by atoms with Crippen molar-refractivity contribution >= 4 is 5.82 Å². The Morgan fingerprint density at radius 2 is 2.04 bits per heavy atom. The summed E-state index contributed by atoms with van der Waals surface area (Å²) in [5.41, 5.74) is 8.21. The van der Waals surface area contributed by atoms with E-state index in [0.717, 1.165) is 43.4 Å². The van der Waals surface area contributed by atoms with Crippen LogP contribution in [0.3, 0.4) is 0 Å². The highest BCUT2D eigenvalue weighted by Gasteiger charge is 2.27. The second kappa shape index (κ2) is 7.28. The zero-order valence-electron chi connectivity index (χ0n) is 15.6. The molecular formula is C20H25FN6. The van der Waals surface area contributed by atoms with E-state index in [0.29, 0.717) is 11.7 Å². The lowest BCUT2D eigenvalue weighted by Crippen LogP contribution is -2.33. The molecule has 0 aromatic carbocycles. The van der Waals surface area contributed by atoms with Crippen molar-refractivity contribution in [2.45, 2.75) is 57.0 Å². The van der Waals surface area contributed by atoms with E-state index in [9.17, 15) is 9.65 Å². The fourth-order valence-corrected chi connectivity index (χ4v) is 3.83. The molecule has 2 heterocycles. The monoisotopic (exact) mass is 368 g/mol. The lowest BCUT2D eigenvalue weighted by molar-refractivity contribution is 0.410. The number of nitrogens with one attached hydrogen (secondary N) is 1. The minimum Gasteiger partial charge on any atom is -0.366 e. The van der Waals surface area contributed by atoms with Gasteiger partial charge < -0.3 is 11.1 Å². The molecule has 0 bridgehead atoms. The Kier molecular flexibility index (Phi) is 4.83. The molecule has 2 saturated carbocycles. The number of aromatic nitrogens is 3. The van der Waals surface area contributed by atoms with Crippen molar-refractivity contribution in [3.05, 3.63) is 29.3 Å². The van der Waals surface area contributed by atoms with Gasteiger partial charge in [-0.1, -0.05) is 0 Å². The molecule has 0 atom stereocenters. The maximum Gasteiger partial charge on any atom is 0.151 e. The summed E-state index contributed by atoms with van der Waals surface area (Å²) in [6, 6.07) is 3.81. The second-order valence-corrected chi connectivity index (χ2v) is 7.86. The average Bonchev–Trinajstić information content (AvgIpc) is 3.41. The summed E-state index contributed by atoms with van der Waals surface area (Å²) in [7, 11) is 1.88. The first kappa shape index (κ1) is 17.9. The van der Waals surface area contributed by atoms with Crippen molar-refractivity contribution in [1.29, 1.82) is 5.26 Å². The quantitative estimate of drug-likeness (QED) is 0.846. The van der Waals surface area contributed by atoms with E-state index < -0.39 is 5.82 Å². The molecule has 0 unspecified atom stereocenters. The third kappa shape index (κ3) is 3.81. The first-order valence-corrected chi connectivity index (χ1v) is 9.69. The fourth-order valence-electron chi connectivity index (χ4n) is 3.83. The van der Waals surface area contributed by atoms with Crippen LogP contribution in [0.15, 0.2) is 12.3 Å². The zero-order chi connectivity index (χ0) is 19.0. The molecule has 2 fully saturated rings. The Balaban J connectivity index is 1.66. The van der Waals surface area contributed by atoms with Gasteiger partial charge in [0.2, 0.25) is 0 Å². The Hall–Kier alpha value is -2.46. The number of hydrogen-bond acceptors (Lipinski definition) is 5. The first-order valence-electron chi connectivity index (χ1n) is 9.69. The molecule has 142 valence electrons. The summed E-state index contributed by atoms with van der Waals surface area (Å²) in [4.78, 5) is 4.53. The maximum absolute atomic E-state index is 14.8. The summed E-state index contributed by atoms with van der Waals surface area (Å²) in [5, 5.41) is 17.1. The van der Waals surface area contributed by atoms with E-state index in [1.165, 1.54) is 18.9 Å². The molecule has 2 aliphatic rings. The number of rotatable bonds is 5. The van der Waals surface area contributed by atoms with Gasteiger partial charge in [-0.25, -0.2) is 9.37 Å². The van der Waals surface area contributed by atoms with Crippen LogP contribution < -0.4 is 11.1 Å². The number of pyridine rings is 1. The summed E-state index contributed by atoms with van der Waals surface area (Å²) in [6.45, 7) is 0. The molecule has 4 rings (SSSR count). The summed E-state index contributed by atoms with van der Waals surface area (Å²) in [5.74, 6) is 0.632. The molecule has 0 saturated heterocycles. The number of anilines is 1. The molecule has 3 N–H and O–H groups in total. The third-order valence-electron chi connectivity index (χ3n) is 5.70. The Morgan fingerprint density at radius 1 is 1.30 bits per heavy atom. The maximum atomic E-state index is 14.8. The molecule has 0 spiro atoms. The van der Waals surface area contributed by atoms with Crippen LogP contribution in [-0.2, 0) is 13.5 Å². The van der Waals surface area contributed by atoms with Crippen molar-refractivity contribution in [2.75, 3.05) is 5.32 Å². The van der Waals surface area contributed by atoms with Crippen LogP contribution in [0, 0.1) is 23.1 Å². The molecule has 27 heavy (non-hydrogen) atoms. The molecule has 6 nitrogen and oxygen atoms in total. The normalized spacial score (nSPS) is 22.4. The lowest BCUT2D eigenvalue weighted by Gasteiger charge is -2.27. The van der Waals surface area contributed by atoms with Crippen LogP contribution in [-0.4, -0.2) is 26.8 Å². The van der Waals surface area contributed by atoms with E-state index >= 15 is 0 Å². The van der Waals surface area contributed by atoms with Crippen LogP contribution in [0.5, 0.6) is 0 Å². The molecule has 0 radical (unpaired) electrons. The second-order valence-electron chi connectivity index (χ2n) is 7.86. The minimum atomic E-state index is -0.479. The van der Waals surface area contributed by atoms with Crippen molar-refractivity contribution in [2.24, 2.45) is 18.7 Å². The number of nitrogens with two attached hydrogens (primary N) is 1. The molecular weight excluding hydrogens is 343 g/mol. The SMILES string of the molecule is Cn1ncc(-c2nc(NC3CCC(N)CC3)c(C#N)cc2F)c1CC1CC1. The van der Waals surface area contributed by atoms with Crippen molar-refractivity contribution in [1.82, 2.24) is 14.8 Å². The Morgan fingerprint density at radius 3 is 2.70 bits per heavy atom.